The summed E-state index contributed by atoms with van der Waals surface area (Å²) in [6.07, 6.45) is 0. The van der Waals surface area contributed by atoms with Crippen molar-refractivity contribution in [3.05, 3.63) is 0 Å². The number of hydrazine groups is 1. The maximum Gasteiger partial charge on any atom is 0.0303 e. The van der Waals surface area contributed by atoms with Crippen LogP contribution in [0.3, 0.4) is 0 Å². The standard InChI is InChI=1S/C5H12N2S/c1-5-4-8-3-2-7(5)6/h5H,2-4,6H2,1H3. The van der Waals surface area contributed by atoms with Crippen molar-refractivity contribution < 1.29 is 0 Å². The lowest BCUT2D eigenvalue weighted by atomic mass is 10.4. The van der Waals surface area contributed by atoms with Crippen molar-refractivity contribution in [2.24, 2.45) is 5.84 Å². The molecule has 1 aliphatic heterocycles. The van der Waals surface area contributed by atoms with Crippen LogP contribution >= 0.6 is 11.8 Å². The van der Waals surface area contributed by atoms with Crippen molar-refractivity contribution in [2.75, 3.05) is 18.1 Å². The minimum atomic E-state index is 0.578. The second-order valence-electron chi connectivity index (χ2n) is 2.16. The maximum absolute atomic E-state index is 5.60. The quantitative estimate of drug-likeness (QED) is 0.481. The van der Waals surface area contributed by atoms with Gasteiger partial charge in [0.25, 0.3) is 0 Å². The minimum absolute atomic E-state index is 0.578. The Morgan fingerprint density at radius 3 is 2.88 bits per heavy atom. The van der Waals surface area contributed by atoms with Crippen LogP contribution in [0, 0.1) is 0 Å². The highest BCUT2D eigenvalue weighted by atomic mass is 32.2. The van der Waals surface area contributed by atoms with Gasteiger partial charge in [-0.2, -0.15) is 11.8 Å². The van der Waals surface area contributed by atoms with Crippen LogP contribution in [-0.2, 0) is 0 Å². The molecule has 0 radical (unpaired) electrons. The molecular weight excluding hydrogens is 120 g/mol. The summed E-state index contributed by atoms with van der Waals surface area (Å²) in [5, 5.41) is 1.91. The Morgan fingerprint density at radius 1 is 1.75 bits per heavy atom. The maximum atomic E-state index is 5.60. The highest BCUT2D eigenvalue weighted by molar-refractivity contribution is 7.99. The Balaban J connectivity index is 2.28. The van der Waals surface area contributed by atoms with Crippen molar-refractivity contribution in [3.63, 3.8) is 0 Å². The average molecular weight is 132 g/mol. The molecule has 8 heavy (non-hydrogen) atoms. The van der Waals surface area contributed by atoms with Gasteiger partial charge in [-0.3, -0.25) is 5.84 Å². The topological polar surface area (TPSA) is 29.3 Å². The zero-order valence-corrected chi connectivity index (χ0v) is 5.95. The molecule has 0 bridgehead atoms. The first-order valence-corrected chi connectivity index (χ1v) is 4.05. The predicted molar refractivity (Wildman–Crippen MR) is 37.7 cm³/mol. The van der Waals surface area contributed by atoms with Gasteiger partial charge in [0.1, 0.15) is 0 Å². The number of nitrogens with two attached hydrogens (primary N) is 1. The Morgan fingerprint density at radius 2 is 2.50 bits per heavy atom. The van der Waals surface area contributed by atoms with E-state index in [-0.39, 0.29) is 0 Å². The van der Waals surface area contributed by atoms with Gasteiger partial charge in [-0.1, -0.05) is 0 Å². The van der Waals surface area contributed by atoms with Crippen molar-refractivity contribution in [3.8, 4) is 0 Å². The lowest BCUT2D eigenvalue weighted by molar-refractivity contribution is 0.240. The smallest absolute Gasteiger partial charge is 0.0303 e. The molecule has 0 amide bonds. The Kier molecular flexibility index (Phi) is 2.16. The van der Waals surface area contributed by atoms with Gasteiger partial charge in [-0.05, 0) is 6.92 Å². The molecule has 1 saturated heterocycles. The van der Waals surface area contributed by atoms with Gasteiger partial charge >= 0.3 is 0 Å². The van der Waals surface area contributed by atoms with Crippen molar-refractivity contribution in [1.29, 1.82) is 0 Å². The summed E-state index contributed by atoms with van der Waals surface area (Å²) in [7, 11) is 0. The number of hydrogen-bond acceptors (Lipinski definition) is 3. The van der Waals surface area contributed by atoms with E-state index < -0.39 is 0 Å². The molecule has 3 heteroatoms. The van der Waals surface area contributed by atoms with Gasteiger partial charge in [0.15, 0.2) is 0 Å². The summed E-state index contributed by atoms with van der Waals surface area (Å²) in [6, 6.07) is 0.578. The number of thioether (sulfide) groups is 1. The van der Waals surface area contributed by atoms with E-state index in [1.807, 2.05) is 16.8 Å². The van der Waals surface area contributed by atoms with Crippen LogP contribution < -0.4 is 5.84 Å². The largest absolute Gasteiger partial charge is 0.268 e. The summed E-state index contributed by atoms with van der Waals surface area (Å²) < 4.78 is 0. The van der Waals surface area contributed by atoms with E-state index in [1.54, 1.807) is 0 Å². The highest BCUT2D eigenvalue weighted by Crippen LogP contribution is 2.11. The molecule has 0 spiro atoms. The van der Waals surface area contributed by atoms with E-state index in [0.717, 1.165) is 6.54 Å². The molecule has 0 aromatic carbocycles. The average Bonchev–Trinajstić information content (AvgIpc) is 1.77. The molecule has 2 N–H and O–H groups in total. The summed E-state index contributed by atoms with van der Waals surface area (Å²) in [4.78, 5) is 0. The SMILES string of the molecule is CC1CSCCN1N. The summed E-state index contributed by atoms with van der Waals surface area (Å²) in [5.41, 5.74) is 0. The fraction of sp³-hybridized carbons (Fsp3) is 1.00. The molecule has 1 unspecified atom stereocenters. The van der Waals surface area contributed by atoms with E-state index in [0.29, 0.717) is 6.04 Å². The molecule has 1 heterocycles. The Hall–Kier alpha value is 0.270. The molecule has 1 rings (SSSR count). The van der Waals surface area contributed by atoms with Gasteiger partial charge < -0.3 is 0 Å². The monoisotopic (exact) mass is 132 g/mol. The zero-order chi connectivity index (χ0) is 5.98. The van der Waals surface area contributed by atoms with E-state index in [4.69, 9.17) is 5.84 Å². The zero-order valence-electron chi connectivity index (χ0n) is 5.13. The number of hydrogen-bond donors (Lipinski definition) is 1. The van der Waals surface area contributed by atoms with Crippen molar-refractivity contribution in [1.82, 2.24) is 5.01 Å². The summed E-state index contributed by atoms with van der Waals surface area (Å²) >= 11 is 1.99. The molecule has 48 valence electrons. The molecule has 0 saturated carbocycles. The molecule has 2 nitrogen and oxygen atoms in total. The van der Waals surface area contributed by atoms with Crippen LogP contribution in [0.4, 0.5) is 0 Å². The lowest BCUT2D eigenvalue weighted by Gasteiger charge is -2.27. The summed E-state index contributed by atoms with van der Waals surface area (Å²) in [6.45, 7) is 3.21. The summed E-state index contributed by atoms with van der Waals surface area (Å²) in [5.74, 6) is 7.98. The second-order valence-corrected chi connectivity index (χ2v) is 3.31. The molecule has 1 fully saturated rings. The molecule has 0 aromatic heterocycles. The molecular formula is C5H12N2S. The van der Waals surface area contributed by atoms with Crippen LogP contribution in [0.2, 0.25) is 0 Å². The van der Waals surface area contributed by atoms with Gasteiger partial charge in [0, 0.05) is 24.1 Å². The Labute approximate surface area is 54.4 Å². The molecule has 0 aromatic rings. The van der Waals surface area contributed by atoms with E-state index in [1.165, 1.54) is 11.5 Å². The van der Waals surface area contributed by atoms with Crippen molar-refractivity contribution in [2.45, 2.75) is 13.0 Å². The predicted octanol–water partition coefficient (Wildman–Crippen LogP) is 0.297. The number of nitrogens with zero attached hydrogens (tertiary/aromatic N) is 1. The van der Waals surface area contributed by atoms with Crippen LogP contribution in [0.5, 0.6) is 0 Å². The van der Waals surface area contributed by atoms with Crippen LogP contribution in [0.25, 0.3) is 0 Å². The Bertz CT molecular complexity index is 66.8. The third kappa shape index (κ3) is 1.37. The highest BCUT2D eigenvalue weighted by Gasteiger charge is 2.13. The fourth-order valence-corrected chi connectivity index (χ4v) is 1.78. The first kappa shape index (κ1) is 6.39. The minimum Gasteiger partial charge on any atom is -0.268 e. The lowest BCUT2D eigenvalue weighted by Crippen LogP contribution is -2.45. The molecule has 1 aliphatic rings. The normalized spacial score (nSPS) is 33.0. The first-order valence-electron chi connectivity index (χ1n) is 2.90. The second kappa shape index (κ2) is 2.71. The van der Waals surface area contributed by atoms with Gasteiger partial charge in [0.05, 0.1) is 0 Å². The van der Waals surface area contributed by atoms with Gasteiger partial charge in [-0.15, -0.1) is 0 Å². The van der Waals surface area contributed by atoms with Crippen LogP contribution in [0.15, 0.2) is 0 Å². The van der Waals surface area contributed by atoms with Crippen LogP contribution in [0.1, 0.15) is 6.92 Å². The van der Waals surface area contributed by atoms with E-state index >= 15 is 0 Å². The number of rotatable bonds is 0. The van der Waals surface area contributed by atoms with Crippen molar-refractivity contribution >= 4 is 11.8 Å². The molecule has 1 atom stereocenters. The molecule has 0 aliphatic carbocycles. The van der Waals surface area contributed by atoms with Gasteiger partial charge in [0.2, 0.25) is 0 Å². The first-order chi connectivity index (χ1) is 3.80. The third-order valence-corrected chi connectivity index (χ3v) is 2.61. The van der Waals surface area contributed by atoms with E-state index in [9.17, 15) is 0 Å². The van der Waals surface area contributed by atoms with Crippen LogP contribution in [-0.4, -0.2) is 29.1 Å². The third-order valence-electron chi connectivity index (χ3n) is 1.42. The van der Waals surface area contributed by atoms with Gasteiger partial charge in [-0.25, -0.2) is 5.01 Å². The van der Waals surface area contributed by atoms with E-state index in [2.05, 4.69) is 6.92 Å². The fourth-order valence-electron chi connectivity index (χ4n) is 0.740.